The van der Waals surface area contributed by atoms with E-state index in [2.05, 4.69) is 5.10 Å². The number of nitro groups is 1. The third-order valence-corrected chi connectivity index (χ3v) is 2.18. The molecule has 0 aliphatic heterocycles. The number of thioether (sulfide) groups is 1. The molecule has 0 bridgehead atoms. The lowest BCUT2D eigenvalue weighted by Crippen LogP contribution is -2.01. The van der Waals surface area contributed by atoms with Gasteiger partial charge in [0.05, 0.1) is 16.6 Å². The molecule has 0 atom stereocenters. The molecular weight excluding hydrogens is 210 g/mol. The summed E-state index contributed by atoms with van der Waals surface area (Å²) >= 11 is 1.12. The molecule has 0 spiro atoms. The standard InChI is InChI=1S/C6H7N3O4S/c10-6(11)3-14-4-8-2-5(1-7-8)9(12)13/h1-2H,3-4H2,(H,10,11). The van der Waals surface area contributed by atoms with Gasteiger partial charge in [0.2, 0.25) is 0 Å². The summed E-state index contributed by atoms with van der Waals surface area (Å²) in [5, 5.41) is 22.3. The highest BCUT2D eigenvalue weighted by Crippen LogP contribution is 2.10. The molecule has 14 heavy (non-hydrogen) atoms. The van der Waals surface area contributed by atoms with Crippen molar-refractivity contribution in [2.75, 3.05) is 5.75 Å². The van der Waals surface area contributed by atoms with Crippen LogP contribution in [0.3, 0.4) is 0 Å². The second kappa shape index (κ2) is 4.61. The molecule has 8 heteroatoms. The van der Waals surface area contributed by atoms with Crippen LogP contribution in [-0.2, 0) is 10.7 Å². The van der Waals surface area contributed by atoms with E-state index < -0.39 is 10.9 Å². The number of carboxylic acids is 1. The maximum atomic E-state index is 10.2. The Balaban J connectivity index is 2.44. The van der Waals surface area contributed by atoms with Crippen LogP contribution in [0.15, 0.2) is 12.4 Å². The number of aliphatic carboxylic acids is 1. The van der Waals surface area contributed by atoms with Crippen LogP contribution in [0.25, 0.3) is 0 Å². The van der Waals surface area contributed by atoms with Gasteiger partial charge < -0.3 is 5.11 Å². The normalized spacial score (nSPS) is 10.0. The Morgan fingerprint density at radius 2 is 2.50 bits per heavy atom. The molecule has 0 aromatic carbocycles. The van der Waals surface area contributed by atoms with Gasteiger partial charge in [-0.25, -0.2) is 0 Å². The molecule has 0 aliphatic carbocycles. The van der Waals surface area contributed by atoms with Crippen molar-refractivity contribution in [3.8, 4) is 0 Å². The summed E-state index contributed by atoms with van der Waals surface area (Å²) in [5.41, 5.74) is -0.0964. The highest BCUT2D eigenvalue weighted by molar-refractivity contribution is 7.98. The van der Waals surface area contributed by atoms with Crippen LogP contribution in [0.5, 0.6) is 0 Å². The quantitative estimate of drug-likeness (QED) is 0.571. The molecule has 0 saturated heterocycles. The smallest absolute Gasteiger partial charge is 0.313 e. The average molecular weight is 217 g/mol. The Kier molecular flexibility index (Phi) is 3.46. The summed E-state index contributed by atoms with van der Waals surface area (Å²) in [6.45, 7) is 0. The first-order valence-electron chi connectivity index (χ1n) is 3.56. The molecule has 0 unspecified atom stereocenters. The molecule has 0 aliphatic rings. The summed E-state index contributed by atoms with van der Waals surface area (Å²) in [7, 11) is 0. The second-order valence-corrected chi connectivity index (χ2v) is 3.32. The van der Waals surface area contributed by atoms with Crippen molar-refractivity contribution in [1.82, 2.24) is 9.78 Å². The van der Waals surface area contributed by atoms with E-state index in [1.165, 1.54) is 10.9 Å². The molecule has 0 saturated carbocycles. The Bertz CT molecular complexity index is 351. The van der Waals surface area contributed by atoms with Gasteiger partial charge in [-0.05, 0) is 0 Å². The third kappa shape index (κ3) is 3.05. The van der Waals surface area contributed by atoms with Gasteiger partial charge in [0.15, 0.2) is 0 Å². The van der Waals surface area contributed by atoms with Crippen LogP contribution >= 0.6 is 11.8 Å². The molecule has 1 aromatic rings. The molecule has 0 radical (unpaired) electrons. The van der Waals surface area contributed by atoms with Gasteiger partial charge in [-0.15, -0.1) is 11.8 Å². The van der Waals surface area contributed by atoms with Gasteiger partial charge in [0, 0.05) is 0 Å². The lowest BCUT2D eigenvalue weighted by Gasteiger charge is -1.96. The zero-order valence-electron chi connectivity index (χ0n) is 6.99. The van der Waals surface area contributed by atoms with E-state index in [4.69, 9.17) is 5.11 Å². The molecule has 76 valence electrons. The highest BCUT2D eigenvalue weighted by Gasteiger charge is 2.08. The molecule has 0 fully saturated rings. The Morgan fingerprint density at radius 1 is 1.79 bits per heavy atom. The molecule has 1 N–H and O–H groups in total. The van der Waals surface area contributed by atoms with E-state index in [-0.39, 0.29) is 11.4 Å². The zero-order valence-corrected chi connectivity index (χ0v) is 7.81. The van der Waals surface area contributed by atoms with Crippen LogP contribution in [0.4, 0.5) is 5.69 Å². The SMILES string of the molecule is O=C(O)CSCn1cc([N+](=O)[O-])cn1. The number of nitrogens with zero attached hydrogens (tertiary/aromatic N) is 3. The highest BCUT2D eigenvalue weighted by atomic mass is 32.2. The Labute approximate surface area is 82.9 Å². The number of rotatable bonds is 5. The molecule has 1 aromatic heterocycles. The van der Waals surface area contributed by atoms with Gasteiger partial charge in [-0.3, -0.25) is 19.6 Å². The molecular formula is C6H7N3O4S. The van der Waals surface area contributed by atoms with E-state index in [0.717, 1.165) is 18.0 Å². The van der Waals surface area contributed by atoms with Crippen LogP contribution in [0, 0.1) is 10.1 Å². The van der Waals surface area contributed by atoms with Crippen LogP contribution < -0.4 is 0 Å². The monoisotopic (exact) mass is 217 g/mol. The van der Waals surface area contributed by atoms with Crippen molar-refractivity contribution in [1.29, 1.82) is 0 Å². The fourth-order valence-electron chi connectivity index (χ4n) is 0.744. The number of hydrogen-bond acceptors (Lipinski definition) is 5. The Morgan fingerprint density at radius 3 is 3.00 bits per heavy atom. The first-order valence-corrected chi connectivity index (χ1v) is 4.71. The largest absolute Gasteiger partial charge is 0.481 e. The number of carboxylic acid groups (broad SMARTS) is 1. The molecule has 7 nitrogen and oxygen atoms in total. The summed E-state index contributed by atoms with van der Waals surface area (Å²) < 4.78 is 1.33. The average Bonchev–Trinajstić information content (AvgIpc) is 2.52. The number of carbonyl (C=O) groups is 1. The zero-order chi connectivity index (χ0) is 10.6. The predicted octanol–water partition coefficient (Wildman–Crippen LogP) is 0.567. The third-order valence-electron chi connectivity index (χ3n) is 1.28. The second-order valence-electron chi connectivity index (χ2n) is 2.37. The Hall–Kier alpha value is -1.57. The van der Waals surface area contributed by atoms with Crippen molar-refractivity contribution < 1.29 is 14.8 Å². The summed E-state index contributed by atoms with van der Waals surface area (Å²) in [5.74, 6) is -0.676. The van der Waals surface area contributed by atoms with Gasteiger partial charge in [-0.2, -0.15) is 5.10 Å². The topological polar surface area (TPSA) is 98.3 Å². The van der Waals surface area contributed by atoms with E-state index in [1.54, 1.807) is 0 Å². The minimum Gasteiger partial charge on any atom is -0.481 e. The molecule has 1 heterocycles. The summed E-state index contributed by atoms with van der Waals surface area (Å²) in [6, 6.07) is 0. The van der Waals surface area contributed by atoms with Gasteiger partial charge in [0.1, 0.15) is 12.4 Å². The van der Waals surface area contributed by atoms with Gasteiger partial charge in [-0.1, -0.05) is 0 Å². The van der Waals surface area contributed by atoms with Crippen molar-refractivity contribution in [3.05, 3.63) is 22.5 Å². The first-order chi connectivity index (χ1) is 6.59. The van der Waals surface area contributed by atoms with Gasteiger partial charge >= 0.3 is 11.7 Å². The van der Waals surface area contributed by atoms with Crippen LogP contribution in [0.1, 0.15) is 0 Å². The lowest BCUT2D eigenvalue weighted by atomic mass is 10.6. The minimum atomic E-state index is -0.920. The molecule has 1 rings (SSSR count). The van der Waals surface area contributed by atoms with Crippen LogP contribution in [-0.4, -0.2) is 31.5 Å². The van der Waals surface area contributed by atoms with Crippen LogP contribution in [0.2, 0.25) is 0 Å². The lowest BCUT2D eigenvalue weighted by molar-refractivity contribution is -0.385. The van der Waals surface area contributed by atoms with Crippen molar-refractivity contribution >= 4 is 23.4 Å². The first kappa shape index (κ1) is 10.5. The number of aromatic nitrogens is 2. The number of hydrogen-bond donors (Lipinski definition) is 1. The maximum Gasteiger partial charge on any atom is 0.313 e. The summed E-state index contributed by atoms with van der Waals surface area (Å²) in [6.07, 6.45) is 2.39. The van der Waals surface area contributed by atoms with E-state index in [9.17, 15) is 14.9 Å². The van der Waals surface area contributed by atoms with E-state index in [0.29, 0.717) is 5.88 Å². The molecule has 0 amide bonds. The fraction of sp³-hybridized carbons (Fsp3) is 0.333. The minimum absolute atomic E-state index is 0.0480. The van der Waals surface area contributed by atoms with E-state index in [1.807, 2.05) is 0 Å². The van der Waals surface area contributed by atoms with Crippen molar-refractivity contribution in [2.24, 2.45) is 0 Å². The van der Waals surface area contributed by atoms with Gasteiger partial charge in [0.25, 0.3) is 0 Å². The summed E-state index contributed by atoms with van der Waals surface area (Å²) in [4.78, 5) is 19.8. The fourth-order valence-corrected chi connectivity index (χ4v) is 1.34. The van der Waals surface area contributed by atoms with Crippen molar-refractivity contribution in [3.63, 3.8) is 0 Å². The van der Waals surface area contributed by atoms with E-state index >= 15 is 0 Å². The van der Waals surface area contributed by atoms with Crippen molar-refractivity contribution in [2.45, 2.75) is 5.88 Å². The maximum absolute atomic E-state index is 10.2. The predicted molar refractivity (Wildman–Crippen MR) is 49.0 cm³/mol.